The smallest absolute Gasteiger partial charge is 0.309 e. The number of ether oxygens (including phenoxy) is 2. The van der Waals surface area contributed by atoms with Gasteiger partial charge in [-0.2, -0.15) is 10.4 Å². The first kappa shape index (κ1) is 14.4. The Kier molecular flexibility index (Phi) is 3.28. The van der Waals surface area contributed by atoms with E-state index in [0.717, 1.165) is 6.33 Å². The fourth-order valence-corrected chi connectivity index (χ4v) is 3.12. The number of hydrogen-bond donors (Lipinski definition) is 3. The number of anilines is 1. The molecule has 3 heterocycles. The second kappa shape index (κ2) is 5.91. The highest BCUT2D eigenvalue weighted by molar-refractivity contribution is 5.75. The Morgan fingerprint density at radius 2 is 2.38 bits per heavy atom. The summed E-state index contributed by atoms with van der Waals surface area (Å²) < 4.78 is 27.2. The summed E-state index contributed by atoms with van der Waals surface area (Å²) in [5.41, 5.74) is 4.08. The van der Waals surface area contributed by atoms with Crippen LogP contribution in [-0.2, 0) is 19.9 Å². The Labute approximate surface area is 150 Å². The van der Waals surface area contributed by atoms with Crippen LogP contribution < -0.4 is 5.73 Å². The summed E-state index contributed by atoms with van der Waals surface area (Å²) in [5.74, 6) is -0.842. The Hall–Kier alpha value is -2.74. The van der Waals surface area contributed by atoms with Crippen molar-refractivity contribution in [2.75, 3.05) is 12.3 Å². The first-order valence-electron chi connectivity index (χ1n) is 8.97. The molecule has 26 heavy (non-hydrogen) atoms. The minimum Gasteiger partial charge on any atom is -0.455 e. The van der Waals surface area contributed by atoms with Crippen molar-refractivity contribution in [2.24, 2.45) is 5.92 Å². The molecule has 0 radical (unpaired) electrons. The summed E-state index contributed by atoms with van der Waals surface area (Å²) in [7, 11) is 0. The first-order chi connectivity index (χ1) is 13.2. The predicted molar refractivity (Wildman–Crippen MR) is 85.3 cm³/mol. The highest BCUT2D eigenvalue weighted by Crippen LogP contribution is 2.43. The van der Waals surface area contributed by atoms with Crippen LogP contribution in [0.15, 0.2) is 18.5 Å². The number of esters is 1. The quantitative estimate of drug-likeness (QED) is 0.587. The van der Waals surface area contributed by atoms with Gasteiger partial charge in [0.2, 0.25) is 5.60 Å². The molecule has 0 amide bonds. The molecule has 10 heteroatoms. The van der Waals surface area contributed by atoms with E-state index < -0.39 is 36.4 Å². The third kappa shape index (κ3) is 2.33. The summed E-state index contributed by atoms with van der Waals surface area (Å²) >= 11 is 0. The fraction of sp³-hybridized carbons (Fsp3) is 0.500. The van der Waals surface area contributed by atoms with Gasteiger partial charge in [0.25, 0.3) is 0 Å². The number of nitrogens with two attached hydrogens (primary N) is 1. The van der Waals surface area contributed by atoms with Crippen LogP contribution in [0.5, 0.6) is 0 Å². The molecule has 2 aromatic rings. The number of aliphatic hydroxyl groups is 2. The predicted octanol–water partition coefficient (Wildman–Crippen LogP) is -0.896. The molecule has 1 aliphatic heterocycles. The molecule has 10 nitrogen and oxygen atoms in total. The van der Waals surface area contributed by atoms with E-state index in [2.05, 4.69) is 10.1 Å². The molecule has 0 aromatic carbocycles. The summed E-state index contributed by atoms with van der Waals surface area (Å²) in [6, 6.07) is 4.83. The standard InChI is InChI=1S/C16H17N5O5/c17-6-16(11-4-3-9-14(18)19-7-20-21(9)11)13(12(23)10(5-22)26-16)25-15(24)8-1-2-8/h3-4,7-8,10,12-13,22-23H,1-2,5H2,(H2,18,19,20)/t10-,12-,13-,16+/m1/s1/i5D2. The van der Waals surface area contributed by atoms with Gasteiger partial charge >= 0.3 is 5.97 Å². The van der Waals surface area contributed by atoms with Crippen molar-refractivity contribution in [3.63, 3.8) is 0 Å². The van der Waals surface area contributed by atoms with Crippen LogP contribution in [-0.4, -0.2) is 55.7 Å². The van der Waals surface area contributed by atoms with E-state index in [9.17, 15) is 20.3 Å². The number of nitriles is 1. The van der Waals surface area contributed by atoms with E-state index in [4.69, 9.17) is 17.9 Å². The number of carbonyl (C=O) groups excluding carboxylic acids is 1. The van der Waals surface area contributed by atoms with Gasteiger partial charge in [-0.3, -0.25) is 4.79 Å². The maximum Gasteiger partial charge on any atom is 0.309 e. The van der Waals surface area contributed by atoms with Gasteiger partial charge in [0.15, 0.2) is 11.9 Å². The molecule has 0 unspecified atom stereocenters. The van der Waals surface area contributed by atoms with Gasteiger partial charge in [-0.15, -0.1) is 0 Å². The maximum atomic E-state index is 12.2. The molecular formula is C16H17N5O5. The van der Waals surface area contributed by atoms with E-state index in [1.807, 2.05) is 6.07 Å². The molecule has 1 aliphatic carbocycles. The molecule has 2 aromatic heterocycles. The SMILES string of the molecule is [2H]C([2H])(O)[C@H]1O[C@@](C#N)(c2ccc3c(N)ncnn23)[C@H](OC(=O)C2CC2)[C@@H]1O. The zero-order valence-electron chi connectivity index (χ0n) is 15.4. The number of carbonyl (C=O) groups is 1. The van der Waals surface area contributed by atoms with Crippen molar-refractivity contribution in [3.8, 4) is 6.07 Å². The lowest BCUT2D eigenvalue weighted by molar-refractivity contribution is -0.161. The summed E-state index contributed by atoms with van der Waals surface area (Å²) in [5, 5.41) is 34.4. The van der Waals surface area contributed by atoms with Crippen molar-refractivity contribution >= 4 is 17.3 Å². The van der Waals surface area contributed by atoms with Crippen LogP contribution in [0.1, 0.15) is 21.3 Å². The minimum atomic E-state index is -3.00. The van der Waals surface area contributed by atoms with E-state index in [1.54, 1.807) is 0 Å². The van der Waals surface area contributed by atoms with Crippen molar-refractivity contribution < 1.29 is 27.2 Å². The highest BCUT2D eigenvalue weighted by Gasteiger charge is 2.60. The van der Waals surface area contributed by atoms with Crippen molar-refractivity contribution in [3.05, 3.63) is 24.2 Å². The molecule has 2 fully saturated rings. The molecule has 136 valence electrons. The lowest BCUT2D eigenvalue weighted by Gasteiger charge is -2.27. The number of aliphatic hydroxyl groups excluding tert-OH is 1. The molecule has 1 saturated carbocycles. The number of fused-ring (bicyclic) bond motifs is 1. The monoisotopic (exact) mass is 361 g/mol. The molecule has 0 spiro atoms. The maximum absolute atomic E-state index is 12.2. The molecule has 4 N–H and O–H groups in total. The average Bonchev–Trinajstić information content (AvgIpc) is 3.33. The lowest BCUT2D eigenvalue weighted by Crippen LogP contribution is -2.44. The molecule has 0 bridgehead atoms. The van der Waals surface area contributed by atoms with Crippen molar-refractivity contribution in [1.29, 1.82) is 5.26 Å². The Morgan fingerprint density at radius 1 is 1.62 bits per heavy atom. The lowest BCUT2D eigenvalue weighted by atomic mass is 9.92. The summed E-state index contributed by atoms with van der Waals surface area (Å²) in [6.45, 7) is -3.00. The van der Waals surface area contributed by atoms with Gasteiger partial charge < -0.3 is 25.4 Å². The second-order valence-electron chi connectivity index (χ2n) is 6.30. The largest absolute Gasteiger partial charge is 0.455 e. The molecule has 4 atom stereocenters. The Bertz CT molecular complexity index is 982. The summed E-state index contributed by atoms with van der Waals surface area (Å²) in [4.78, 5) is 16.1. The van der Waals surface area contributed by atoms with Crippen LogP contribution >= 0.6 is 0 Å². The number of nitrogens with zero attached hydrogens (tertiary/aromatic N) is 4. The topological polar surface area (TPSA) is 156 Å². The minimum absolute atomic E-state index is 0.0542. The van der Waals surface area contributed by atoms with Gasteiger partial charge in [-0.1, -0.05) is 0 Å². The number of hydrogen-bond acceptors (Lipinski definition) is 9. The van der Waals surface area contributed by atoms with Crippen LogP contribution in [0.25, 0.3) is 5.52 Å². The van der Waals surface area contributed by atoms with Crippen LogP contribution in [0.2, 0.25) is 0 Å². The second-order valence-corrected chi connectivity index (χ2v) is 6.30. The third-order valence-electron chi connectivity index (χ3n) is 4.64. The van der Waals surface area contributed by atoms with E-state index in [1.165, 1.54) is 16.6 Å². The van der Waals surface area contributed by atoms with Crippen molar-refractivity contribution in [2.45, 2.75) is 36.8 Å². The normalized spacial score (nSPS) is 32.7. The van der Waals surface area contributed by atoms with E-state index in [0.29, 0.717) is 18.4 Å². The van der Waals surface area contributed by atoms with E-state index in [-0.39, 0.29) is 17.4 Å². The van der Waals surface area contributed by atoms with E-state index >= 15 is 0 Å². The third-order valence-corrected chi connectivity index (χ3v) is 4.64. The van der Waals surface area contributed by atoms with Gasteiger partial charge in [-0.05, 0) is 25.0 Å². The number of nitrogen functional groups attached to an aromatic ring is 1. The molecule has 4 rings (SSSR count). The first-order valence-corrected chi connectivity index (χ1v) is 7.97. The van der Waals surface area contributed by atoms with Gasteiger partial charge in [-0.25, -0.2) is 9.50 Å². The Balaban J connectivity index is 1.86. The van der Waals surface area contributed by atoms with Crippen molar-refractivity contribution in [1.82, 2.24) is 14.6 Å². The van der Waals surface area contributed by atoms with Crippen LogP contribution in [0.3, 0.4) is 0 Å². The summed E-state index contributed by atoms with van der Waals surface area (Å²) in [6.07, 6.45) is -2.82. The van der Waals surface area contributed by atoms with Gasteiger partial charge in [0, 0.05) is 0 Å². The van der Waals surface area contributed by atoms with Crippen LogP contribution in [0, 0.1) is 17.2 Å². The number of rotatable bonds is 4. The molecule has 1 saturated heterocycles. The average molecular weight is 361 g/mol. The highest BCUT2D eigenvalue weighted by atomic mass is 16.6. The molecular weight excluding hydrogens is 342 g/mol. The zero-order valence-corrected chi connectivity index (χ0v) is 13.4. The number of aromatic nitrogens is 3. The van der Waals surface area contributed by atoms with Gasteiger partial charge in [0.05, 0.1) is 20.9 Å². The fourth-order valence-electron chi connectivity index (χ4n) is 3.12. The zero-order chi connectivity index (χ0) is 20.3. The van der Waals surface area contributed by atoms with Crippen LogP contribution in [0.4, 0.5) is 5.82 Å². The molecule has 2 aliphatic rings. The Morgan fingerprint density at radius 3 is 3.04 bits per heavy atom. The van der Waals surface area contributed by atoms with Gasteiger partial charge in [0.1, 0.15) is 30.1 Å².